The van der Waals surface area contributed by atoms with Crippen LogP contribution in [0.15, 0.2) is 12.3 Å². The van der Waals surface area contributed by atoms with Gasteiger partial charge in [-0.3, -0.25) is 0 Å². The molecule has 1 heterocycles. The average molecular weight is 328 g/mol. The molecule has 0 aromatic carbocycles. The van der Waals surface area contributed by atoms with Gasteiger partial charge in [0.2, 0.25) is 0 Å². The van der Waals surface area contributed by atoms with Gasteiger partial charge in [0.05, 0.1) is 0 Å². The summed E-state index contributed by atoms with van der Waals surface area (Å²) >= 11 is 10.5. The molecule has 1 rings (SSSR count). The molecule has 0 spiro atoms. The Kier molecular flexibility index (Phi) is 4.50. The summed E-state index contributed by atoms with van der Waals surface area (Å²) in [5.74, 6) is 0. The van der Waals surface area contributed by atoms with E-state index in [4.69, 9.17) is 11.6 Å². The molecule has 0 fully saturated rings. The molecule has 0 radical (unpaired) electrons. The Hall–Kier alpha value is 0.364. The predicted octanol–water partition coefficient (Wildman–Crippen LogP) is 1.04. The normalized spacial score (nSPS) is 13.4. The van der Waals surface area contributed by atoms with E-state index in [2.05, 4.69) is 44.6 Å². The molecule has 0 bridgehead atoms. The summed E-state index contributed by atoms with van der Waals surface area (Å²) in [4.78, 5) is 4.17. The van der Waals surface area contributed by atoms with Crippen molar-refractivity contribution in [3.8, 4) is 0 Å². The molecule has 1 nitrogen and oxygen atoms in total. The van der Waals surface area contributed by atoms with Gasteiger partial charge in [0.1, 0.15) is 0 Å². The van der Waals surface area contributed by atoms with Crippen LogP contribution in [0.5, 0.6) is 0 Å². The molecule has 0 aliphatic rings. The van der Waals surface area contributed by atoms with Crippen LogP contribution in [0, 0.1) is 0 Å². The van der Waals surface area contributed by atoms with Crippen LogP contribution in [0.1, 0.15) is 0 Å². The van der Waals surface area contributed by atoms with Gasteiger partial charge in [-0.1, -0.05) is 0 Å². The molecular weight excluding hydrogens is 323 g/mol. The van der Waals surface area contributed by atoms with Crippen molar-refractivity contribution in [2.75, 3.05) is 0 Å². The van der Waals surface area contributed by atoms with Gasteiger partial charge in [0.15, 0.2) is 0 Å². The molecule has 0 unspecified atom stereocenters. The molecule has 0 saturated heterocycles. The third-order valence-electron chi connectivity index (χ3n) is 1.31. The van der Waals surface area contributed by atoms with Crippen LogP contribution in [0.4, 0.5) is 0 Å². The summed E-state index contributed by atoms with van der Waals surface area (Å²) in [6.45, 7) is 0. The Morgan fingerprint density at radius 1 is 1.58 bits per heavy atom. The van der Waals surface area contributed by atoms with E-state index in [9.17, 15) is 0 Å². The van der Waals surface area contributed by atoms with Crippen LogP contribution in [0.3, 0.4) is 0 Å². The topological polar surface area (TPSA) is 12.9 Å². The van der Waals surface area contributed by atoms with Crippen molar-refractivity contribution in [1.82, 2.24) is 4.98 Å². The van der Waals surface area contributed by atoms with Gasteiger partial charge in [0, 0.05) is 0 Å². The molecule has 0 atom stereocenters. The third-order valence-corrected chi connectivity index (χ3v) is 2.46. The monoisotopic (exact) mass is 328 g/mol. The molecule has 0 amide bonds. The maximum absolute atomic E-state index is 5.97. The van der Waals surface area contributed by atoms with Gasteiger partial charge >= 0.3 is 98.9 Å². The van der Waals surface area contributed by atoms with Crippen molar-refractivity contribution in [3.05, 3.63) is 27.9 Å². The van der Waals surface area contributed by atoms with E-state index in [1.165, 1.54) is 0 Å². The van der Waals surface area contributed by atoms with Crippen LogP contribution in [0.25, 0.3) is 10.2 Å². The van der Waals surface area contributed by atoms with Crippen LogP contribution in [0.2, 0.25) is 5.02 Å². The molecule has 1 aromatic rings. The first-order chi connectivity index (χ1) is 5.79. The van der Waals surface area contributed by atoms with Gasteiger partial charge in [-0.2, -0.15) is 0 Å². The van der Waals surface area contributed by atoms with Gasteiger partial charge in [-0.05, 0) is 0 Å². The third kappa shape index (κ3) is 2.42. The fourth-order valence-corrected chi connectivity index (χ4v) is 1.74. The molecule has 4 heteroatoms. The zero-order valence-electron chi connectivity index (χ0n) is 6.04. The summed E-state index contributed by atoms with van der Waals surface area (Å²) in [7, 11) is 0. The molecule has 0 aliphatic carbocycles. The number of rotatable bonds is 1. The fraction of sp³-hybridized carbons (Fsp3) is 0. The standard InChI is InChI=1S/C8H5ClIN.V/c1-2-6-7(9)3-4-11-8(6)5-10;/h1-5H;. The molecule has 1 aromatic heterocycles. The summed E-state index contributed by atoms with van der Waals surface area (Å²) in [5.41, 5.74) is 0. The van der Waals surface area contributed by atoms with Crippen LogP contribution in [-0.4, -0.2) is 9.71 Å². The molecule has 12 heavy (non-hydrogen) atoms. The Morgan fingerprint density at radius 3 is 2.92 bits per heavy atom. The molecule has 0 saturated carbocycles. The minimum absolute atomic E-state index is 0.732. The Bertz CT molecular complexity index is 402. The Balaban J connectivity index is 3.63. The SMILES string of the molecule is Clc1ccnc(=CI)c1=C[CH]=[V]. The Labute approximate surface area is 98.2 Å². The van der Waals surface area contributed by atoms with Gasteiger partial charge in [-0.25, -0.2) is 0 Å². The predicted molar refractivity (Wildman–Crippen MR) is 57.5 cm³/mol. The second kappa shape index (κ2) is 5.17. The van der Waals surface area contributed by atoms with Crippen molar-refractivity contribution in [3.63, 3.8) is 0 Å². The zero-order chi connectivity index (χ0) is 8.97. The first-order valence-corrected chi connectivity index (χ1v) is 5.61. The van der Waals surface area contributed by atoms with Gasteiger partial charge < -0.3 is 0 Å². The van der Waals surface area contributed by atoms with E-state index in [0.717, 1.165) is 15.6 Å². The van der Waals surface area contributed by atoms with E-state index in [0.29, 0.717) is 0 Å². The number of halogens is 2. The summed E-state index contributed by atoms with van der Waals surface area (Å²) < 4.78 is 3.80. The fourth-order valence-electron chi connectivity index (χ4n) is 0.791. The minimum atomic E-state index is 0.732. The maximum atomic E-state index is 5.97. The van der Waals surface area contributed by atoms with Gasteiger partial charge in [0.25, 0.3) is 0 Å². The number of hydrogen-bond donors (Lipinski definition) is 0. The second-order valence-corrected chi connectivity index (χ2v) is 3.51. The van der Waals surface area contributed by atoms with Crippen molar-refractivity contribution in [1.29, 1.82) is 0 Å². The van der Waals surface area contributed by atoms with E-state index >= 15 is 0 Å². The van der Waals surface area contributed by atoms with E-state index in [1.807, 2.05) is 14.9 Å². The van der Waals surface area contributed by atoms with Crippen LogP contribution >= 0.6 is 34.2 Å². The summed E-state index contributed by atoms with van der Waals surface area (Å²) in [6.07, 6.45) is 3.63. The van der Waals surface area contributed by atoms with Gasteiger partial charge in [-0.15, -0.1) is 0 Å². The number of hydrogen-bond acceptors (Lipinski definition) is 1. The molecular formula is C8H5ClINV. The zero-order valence-corrected chi connectivity index (χ0v) is 10.3. The second-order valence-electron chi connectivity index (χ2n) is 2.02. The number of nitrogens with zero attached hydrogens (tertiary/aromatic N) is 1. The average Bonchev–Trinajstić information content (AvgIpc) is 2.09. The van der Waals surface area contributed by atoms with E-state index in [-0.39, 0.29) is 0 Å². The first kappa shape index (κ1) is 10.4. The molecule has 0 N–H and O–H groups in total. The quantitative estimate of drug-likeness (QED) is 0.702. The van der Waals surface area contributed by atoms with Crippen molar-refractivity contribution in [2.24, 2.45) is 0 Å². The summed E-state index contributed by atoms with van der Waals surface area (Å²) in [5, 5.41) is 2.61. The van der Waals surface area contributed by atoms with Crippen molar-refractivity contribution < 1.29 is 17.0 Å². The van der Waals surface area contributed by atoms with E-state index < -0.39 is 0 Å². The Morgan fingerprint density at radius 2 is 2.33 bits per heavy atom. The number of pyridine rings is 1. The summed E-state index contributed by atoms with van der Waals surface area (Å²) in [6, 6.07) is 1.79. The van der Waals surface area contributed by atoms with Crippen molar-refractivity contribution >= 4 is 49.1 Å². The van der Waals surface area contributed by atoms with Crippen molar-refractivity contribution in [2.45, 2.75) is 0 Å². The van der Waals surface area contributed by atoms with Crippen LogP contribution < -0.4 is 10.6 Å². The van der Waals surface area contributed by atoms with Crippen LogP contribution in [-0.2, 0) is 17.0 Å². The molecule has 0 aliphatic heterocycles. The molecule has 61 valence electrons. The van der Waals surface area contributed by atoms with E-state index in [1.54, 1.807) is 12.3 Å². The number of aromatic nitrogens is 1. The first-order valence-electron chi connectivity index (χ1n) is 3.18.